The van der Waals surface area contributed by atoms with Gasteiger partial charge < -0.3 is 19.5 Å². The molecule has 1 fully saturated rings. The number of amides is 1. The molecule has 3 aromatic rings. The fourth-order valence-corrected chi connectivity index (χ4v) is 3.99. The Balaban J connectivity index is 1.66. The number of nitrogens with zero attached hydrogens (tertiary/aromatic N) is 3. The summed E-state index contributed by atoms with van der Waals surface area (Å²) >= 11 is 0. The summed E-state index contributed by atoms with van der Waals surface area (Å²) < 4.78 is 39.6. The minimum Gasteiger partial charge on any atom is -0.465 e. The molecule has 1 N–H and O–H groups in total. The summed E-state index contributed by atoms with van der Waals surface area (Å²) in [4.78, 5) is 12.6. The molecule has 1 saturated heterocycles. The number of rotatable bonds is 5. The number of halogens is 2. The molecule has 1 aliphatic rings. The summed E-state index contributed by atoms with van der Waals surface area (Å²) in [6, 6.07) is 8.35. The van der Waals surface area contributed by atoms with Crippen LogP contribution in [0.1, 0.15) is 25.3 Å². The average molecular weight is 431 g/mol. The molecule has 2 aromatic carbocycles. The Bertz CT molecular complexity index is 1120. The standard InChI is InChI=1S/C22H23F2N3O4/c1-22(5-7-26(8-6-22)21(28)29)15-3-4-18-14(9-15)12-25-27(18)16-10-17(23)20(24)19(11-16)31-13-30-2/h3-4,9-12H,5-8,13H2,1-2H3,(H,28,29). The van der Waals surface area contributed by atoms with E-state index in [1.54, 1.807) is 6.20 Å². The lowest BCUT2D eigenvalue weighted by Gasteiger charge is -2.38. The van der Waals surface area contributed by atoms with E-state index in [2.05, 4.69) is 12.0 Å². The minimum absolute atomic E-state index is 0.147. The number of piperidine rings is 1. The van der Waals surface area contributed by atoms with E-state index in [0.29, 0.717) is 18.8 Å². The van der Waals surface area contributed by atoms with E-state index < -0.39 is 17.7 Å². The van der Waals surface area contributed by atoms with Crippen molar-refractivity contribution in [2.45, 2.75) is 25.2 Å². The number of carbonyl (C=O) groups is 1. The van der Waals surface area contributed by atoms with Gasteiger partial charge in [0.15, 0.2) is 18.4 Å². The van der Waals surface area contributed by atoms with Crippen molar-refractivity contribution in [3.63, 3.8) is 0 Å². The first-order valence-corrected chi connectivity index (χ1v) is 9.90. The van der Waals surface area contributed by atoms with Crippen molar-refractivity contribution < 1.29 is 28.2 Å². The van der Waals surface area contributed by atoms with Gasteiger partial charge in [0.05, 0.1) is 17.4 Å². The van der Waals surface area contributed by atoms with Crippen LogP contribution in [0.4, 0.5) is 13.6 Å². The van der Waals surface area contributed by atoms with E-state index in [1.807, 2.05) is 18.2 Å². The molecule has 1 amide bonds. The van der Waals surface area contributed by atoms with Gasteiger partial charge in [-0.15, -0.1) is 0 Å². The molecule has 0 atom stereocenters. The van der Waals surface area contributed by atoms with E-state index in [1.165, 1.54) is 22.8 Å². The van der Waals surface area contributed by atoms with Crippen LogP contribution in [-0.2, 0) is 10.2 Å². The summed E-state index contributed by atoms with van der Waals surface area (Å²) in [6.45, 7) is 2.90. The smallest absolute Gasteiger partial charge is 0.407 e. The number of aromatic nitrogens is 2. The highest BCUT2D eigenvalue weighted by atomic mass is 19.2. The molecule has 164 valence electrons. The van der Waals surface area contributed by atoms with Crippen molar-refractivity contribution >= 4 is 17.0 Å². The molecule has 0 spiro atoms. The molecule has 0 bridgehead atoms. The van der Waals surface area contributed by atoms with Gasteiger partial charge in [0.25, 0.3) is 0 Å². The van der Waals surface area contributed by atoms with Crippen molar-refractivity contribution in [3.05, 3.63) is 53.7 Å². The fourth-order valence-electron chi connectivity index (χ4n) is 3.99. The second kappa shape index (κ2) is 8.14. The predicted octanol–water partition coefficient (Wildman–Crippen LogP) is 4.32. The summed E-state index contributed by atoms with van der Waals surface area (Å²) in [5, 5.41) is 14.4. The van der Waals surface area contributed by atoms with Crippen molar-refractivity contribution in [2.24, 2.45) is 0 Å². The van der Waals surface area contributed by atoms with E-state index in [9.17, 15) is 18.7 Å². The van der Waals surface area contributed by atoms with Crippen molar-refractivity contribution in [1.82, 2.24) is 14.7 Å². The van der Waals surface area contributed by atoms with E-state index >= 15 is 0 Å². The van der Waals surface area contributed by atoms with Gasteiger partial charge in [0.1, 0.15) is 0 Å². The van der Waals surface area contributed by atoms with Gasteiger partial charge in [-0.2, -0.15) is 9.49 Å². The number of benzene rings is 2. The molecule has 31 heavy (non-hydrogen) atoms. The third-order valence-corrected chi connectivity index (χ3v) is 5.96. The highest BCUT2D eigenvalue weighted by Crippen LogP contribution is 2.37. The third kappa shape index (κ3) is 3.93. The third-order valence-electron chi connectivity index (χ3n) is 5.96. The first-order valence-electron chi connectivity index (χ1n) is 9.90. The van der Waals surface area contributed by atoms with Gasteiger partial charge in [-0.05, 0) is 36.0 Å². The number of hydrogen-bond donors (Lipinski definition) is 1. The second-order valence-electron chi connectivity index (χ2n) is 7.95. The SMILES string of the molecule is COCOc1cc(-n2ncc3cc(C4(C)CCN(C(=O)O)CC4)ccc32)cc(F)c1F. The normalized spacial score (nSPS) is 15.9. The molecule has 2 heterocycles. The van der Waals surface area contributed by atoms with Gasteiger partial charge in [-0.3, -0.25) is 0 Å². The average Bonchev–Trinajstić information content (AvgIpc) is 3.18. The molecule has 0 radical (unpaired) electrons. The van der Waals surface area contributed by atoms with Crippen LogP contribution in [0, 0.1) is 11.6 Å². The van der Waals surface area contributed by atoms with Crippen LogP contribution in [0.3, 0.4) is 0 Å². The maximum absolute atomic E-state index is 14.1. The maximum atomic E-state index is 14.1. The van der Waals surface area contributed by atoms with Crippen LogP contribution < -0.4 is 4.74 Å². The molecule has 0 saturated carbocycles. The quantitative estimate of drug-likeness (QED) is 0.609. The number of hydrogen-bond acceptors (Lipinski definition) is 4. The monoisotopic (exact) mass is 431 g/mol. The van der Waals surface area contributed by atoms with Gasteiger partial charge >= 0.3 is 6.09 Å². The van der Waals surface area contributed by atoms with Crippen molar-refractivity contribution in [1.29, 1.82) is 0 Å². The Morgan fingerprint density at radius 2 is 1.97 bits per heavy atom. The summed E-state index contributed by atoms with van der Waals surface area (Å²) in [6.07, 6.45) is 2.23. The Labute approximate surface area is 177 Å². The number of methoxy groups -OCH3 is 1. The molecule has 9 heteroatoms. The summed E-state index contributed by atoms with van der Waals surface area (Å²) in [5.74, 6) is -2.38. The van der Waals surface area contributed by atoms with Crippen LogP contribution in [0.15, 0.2) is 36.5 Å². The van der Waals surface area contributed by atoms with Crippen LogP contribution >= 0.6 is 0 Å². The molecule has 0 unspecified atom stereocenters. The first-order chi connectivity index (χ1) is 14.8. The molecule has 1 aliphatic heterocycles. The summed E-state index contributed by atoms with van der Waals surface area (Å²) in [5.41, 5.74) is 2.01. The van der Waals surface area contributed by atoms with Crippen molar-refractivity contribution in [3.8, 4) is 11.4 Å². The zero-order valence-corrected chi connectivity index (χ0v) is 17.3. The van der Waals surface area contributed by atoms with Gasteiger partial charge in [-0.25, -0.2) is 13.9 Å². The van der Waals surface area contributed by atoms with E-state index in [4.69, 9.17) is 9.47 Å². The largest absolute Gasteiger partial charge is 0.465 e. The lowest BCUT2D eigenvalue weighted by Crippen LogP contribution is -2.43. The lowest BCUT2D eigenvalue weighted by atomic mass is 9.74. The molecular formula is C22H23F2N3O4. The van der Waals surface area contributed by atoms with Gasteiger partial charge in [-0.1, -0.05) is 13.0 Å². The van der Waals surface area contributed by atoms with Gasteiger partial charge in [0, 0.05) is 37.7 Å². The number of carboxylic acid groups (broad SMARTS) is 1. The van der Waals surface area contributed by atoms with Gasteiger partial charge in [0.2, 0.25) is 5.82 Å². The molecule has 1 aromatic heterocycles. The second-order valence-corrected chi connectivity index (χ2v) is 7.95. The molecule has 0 aliphatic carbocycles. The molecule has 4 rings (SSSR count). The van der Waals surface area contributed by atoms with E-state index in [-0.39, 0.29) is 18.0 Å². The zero-order chi connectivity index (χ0) is 22.2. The van der Waals surface area contributed by atoms with Crippen LogP contribution in [0.25, 0.3) is 16.6 Å². The Morgan fingerprint density at radius 1 is 1.23 bits per heavy atom. The number of fused-ring (bicyclic) bond motifs is 1. The van der Waals surface area contributed by atoms with E-state index in [0.717, 1.165) is 35.4 Å². The van der Waals surface area contributed by atoms with Crippen molar-refractivity contribution in [2.75, 3.05) is 27.0 Å². The Hall–Kier alpha value is -3.20. The highest BCUT2D eigenvalue weighted by molar-refractivity contribution is 5.81. The molecular weight excluding hydrogens is 408 g/mol. The maximum Gasteiger partial charge on any atom is 0.407 e. The summed E-state index contributed by atoms with van der Waals surface area (Å²) in [7, 11) is 1.39. The Kier molecular flexibility index (Phi) is 5.53. The number of likely N-dealkylation sites (tertiary alicyclic amines) is 1. The van der Waals surface area contributed by atoms with Crippen LogP contribution in [-0.4, -0.2) is 52.9 Å². The lowest BCUT2D eigenvalue weighted by molar-refractivity contribution is 0.0478. The highest BCUT2D eigenvalue weighted by Gasteiger charge is 2.33. The Morgan fingerprint density at radius 3 is 2.65 bits per heavy atom. The predicted molar refractivity (Wildman–Crippen MR) is 110 cm³/mol. The molecule has 7 nitrogen and oxygen atoms in total. The first kappa shape index (κ1) is 21.0. The topological polar surface area (TPSA) is 76.8 Å². The zero-order valence-electron chi connectivity index (χ0n) is 17.3. The van der Waals surface area contributed by atoms with Crippen LogP contribution in [0.5, 0.6) is 5.75 Å². The van der Waals surface area contributed by atoms with Crippen LogP contribution in [0.2, 0.25) is 0 Å². The fraction of sp³-hybridized carbons (Fsp3) is 0.364. The minimum atomic E-state index is -1.08. The number of ether oxygens (including phenoxy) is 2.